The van der Waals surface area contributed by atoms with E-state index in [9.17, 15) is 9.90 Å². The van der Waals surface area contributed by atoms with Gasteiger partial charge in [-0.15, -0.1) is 0 Å². The summed E-state index contributed by atoms with van der Waals surface area (Å²) < 4.78 is 0. The first-order valence-electron chi connectivity index (χ1n) is 6.70. The van der Waals surface area contributed by atoms with Gasteiger partial charge in [-0.1, -0.05) is 31.2 Å². The van der Waals surface area contributed by atoms with Gasteiger partial charge < -0.3 is 10.4 Å². The average molecular weight is 268 g/mol. The first-order chi connectivity index (χ1) is 9.63. The number of hydrogen-bond donors (Lipinski definition) is 2. The van der Waals surface area contributed by atoms with Gasteiger partial charge in [-0.25, -0.2) is 0 Å². The predicted molar refractivity (Wildman–Crippen MR) is 76.3 cm³/mol. The molecule has 0 fully saturated rings. The standard InChI is InChI=1S/C16H16N2O2/c1-2-11-7-8-12(17-10-11)9-16(20)13-5-3-4-6-14(13)18-15(16)19/h3-8,10,20H,2,9H2,1H3,(H,18,19). The number of aliphatic hydroxyl groups is 1. The second kappa shape index (κ2) is 4.72. The Kier molecular flexibility index (Phi) is 3.03. The van der Waals surface area contributed by atoms with E-state index in [1.807, 2.05) is 24.3 Å². The average Bonchev–Trinajstić information content (AvgIpc) is 2.72. The Bertz CT molecular complexity index is 652. The molecule has 3 rings (SSSR count). The SMILES string of the molecule is CCc1ccc(CC2(O)C(=O)Nc3ccccc32)nc1. The number of aromatic nitrogens is 1. The van der Waals surface area contributed by atoms with E-state index in [2.05, 4.69) is 17.2 Å². The molecule has 4 nitrogen and oxygen atoms in total. The number of nitrogens with one attached hydrogen (secondary N) is 1. The molecule has 2 heterocycles. The molecule has 0 saturated heterocycles. The first kappa shape index (κ1) is 12.8. The Labute approximate surface area is 117 Å². The summed E-state index contributed by atoms with van der Waals surface area (Å²) in [6.45, 7) is 2.06. The van der Waals surface area contributed by atoms with Crippen LogP contribution in [0.25, 0.3) is 0 Å². The van der Waals surface area contributed by atoms with Gasteiger partial charge >= 0.3 is 0 Å². The smallest absolute Gasteiger partial charge is 0.261 e. The van der Waals surface area contributed by atoms with Crippen molar-refractivity contribution in [1.82, 2.24) is 4.98 Å². The van der Waals surface area contributed by atoms with E-state index in [1.165, 1.54) is 0 Å². The molecule has 0 bridgehead atoms. The minimum absolute atomic E-state index is 0.180. The zero-order valence-electron chi connectivity index (χ0n) is 11.3. The summed E-state index contributed by atoms with van der Waals surface area (Å²) in [5, 5.41) is 13.5. The number of pyridine rings is 1. The summed E-state index contributed by atoms with van der Waals surface area (Å²) in [4.78, 5) is 16.4. The number of carbonyl (C=O) groups excluding carboxylic acids is 1. The zero-order valence-corrected chi connectivity index (χ0v) is 11.3. The molecule has 4 heteroatoms. The van der Waals surface area contributed by atoms with E-state index >= 15 is 0 Å². The monoisotopic (exact) mass is 268 g/mol. The lowest BCUT2D eigenvalue weighted by Gasteiger charge is -2.20. The number of fused-ring (bicyclic) bond motifs is 1. The molecule has 2 N–H and O–H groups in total. The highest BCUT2D eigenvalue weighted by Crippen LogP contribution is 2.37. The van der Waals surface area contributed by atoms with Gasteiger partial charge in [-0.3, -0.25) is 9.78 Å². The quantitative estimate of drug-likeness (QED) is 0.895. The molecule has 1 aliphatic rings. The molecule has 0 radical (unpaired) electrons. The molecule has 102 valence electrons. The number of benzene rings is 1. The lowest BCUT2D eigenvalue weighted by molar-refractivity contribution is -0.133. The molecule has 1 amide bonds. The highest BCUT2D eigenvalue weighted by atomic mass is 16.3. The molecule has 1 atom stereocenters. The second-order valence-electron chi connectivity index (χ2n) is 5.05. The minimum Gasteiger partial charge on any atom is -0.375 e. The predicted octanol–water partition coefficient (Wildman–Crippen LogP) is 2.03. The summed E-state index contributed by atoms with van der Waals surface area (Å²) in [5.74, 6) is -0.389. The summed E-state index contributed by atoms with van der Waals surface area (Å²) in [6.07, 6.45) is 2.89. The molecule has 0 saturated carbocycles. The number of nitrogens with zero attached hydrogens (tertiary/aromatic N) is 1. The molecule has 20 heavy (non-hydrogen) atoms. The van der Waals surface area contributed by atoms with Crippen LogP contribution in [0.4, 0.5) is 5.69 Å². The first-order valence-corrected chi connectivity index (χ1v) is 6.70. The molecular formula is C16H16N2O2. The normalized spacial score (nSPS) is 20.6. The third kappa shape index (κ3) is 1.98. The van der Waals surface area contributed by atoms with Crippen LogP contribution in [0.2, 0.25) is 0 Å². The van der Waals surface area contributed by atoms with Gasteiger partial charge in [0, 0.05) is 29.6 Å². The maximum Gasteiger partial charge on any atom is 0.261 e. The van der Waals surface area contributed by atoms with Crippen LogP contribution in [0.5, 0.6) is 0 Å². The van der Waals surface area contributed by atoms with E-state index in [0.717, 1.165) is 12.0 Å². The van der Waals surface area contributed by atoms with E-state index in [-0.39, 0.29) is 12.3 Å². The summed E-state index contributed by atoms with van der Waals surface area (Å²) in [5.41, 5.74) is 1.60. The summed E-state index contributed by atoms with van der Waals surface area (Å²) in [7, 11) is 0. The largest absolute Gasteiger partial charge is 0.375 e. The van der Waals surface area contributed by atoms with Gasteiger partial charge in [0.1, 0.15) is 0 Å². The van der Waals surface area contributed by atoms with Gasteiger partial charge in [-0.2, -0.15) is 0 Å². The number of para-hydroxylation sites is 1. The van der Waals surface area contributed by atoms with Gasteiger partial charge in [-0.05, 0) is 24.1 Å². The lowest BCUT2D eigenvalue weighted by atomic mass is 9.90. The Morgan fingerprint density at radius 1 is 1.25 bits per heavy atom. The van der Waals surface area contributed by atoms with Crippen LogP contribution in [0.3, 0.4) is 0 Å². The van der Waals surface area contributed by atoms with Crippen LogP contribution in [0.15, 0.2) is 42.6 Å². The number of anilines is 1. The van der Waals surface area contributed by atoms with Crippen LogP contribution in [0, 0.1) is 0 Å². The van der Waals surface area contributed by atoms with Crippen LogP contribution >= 0.6 is 0 Å². The second-order valence-corrected chi connectivity index (χ2v) is 5.05. The maximum absolute atomic E-state index is 12.1. The summed E-state index contributed by atoms with van der Waals surface area (Å²) in [6, 6.07) is 11.1. The Morgan fingerprint density at radius 3 is 2.75 bits per heavy atom. The van der Waals surface area contributed by atoms with Gasteiger partial charge in [0.15, 0.2) is 5.60 Å². The van der Waals surface area contributed by atoms with E-state index in [1.54, 1.807) is 18.3 Å². The van der Waals surface area contributed by atoms with Crippen molar-refractivity contribution in [3.63, 3.8) is 0 Å². The Balaban J connectivity index is 1.94. The van der Waals surface area contributed by atoms with Crippen LogP contribution in [0.1, 0.15) is 23.7 Å². The van der Waals surface area contributed by atoms with Crippen molar-refractivity contribution in [2.45, 2.75) is 25.4 Å². The number of rotatable bonds is 3. The van der Waals surface area contributed by atoms with E-state index < -0.39 is 5.60 Å². The fraction of sp³-hybridized carbons (Fsp3) is 0.250. The third-order valence-electron chi connectivity index (χ3n) is 3.73. The Hall–Kier alpha value is -2.20. The van der Waals surface area contributed by atoms with E-state index in [0.29, 0.717) is 16.9 Å². The van der Waals surface area contributed by atoms with Gasteiger partial charge in [0.2, 0.25) is 0 Å². The fourth-order valence-electron chi connectivity index (χ4n) is 2.51. The van der Waals surface area contributed by atoms with Crippen LogP contribution in [-0.2, 0) is 23.2 Å². The van der Waals surface area contributed by atoms with Gasteiger partial charge in [0.25, 0.3) is 5.91 Å². The number of aryl methyl sites for hydroxylation is 1. The molecular weight excluding hydrogens is 252 g/mol. The fourth-order valence-corrected chi connectivity index (χ4v) is 2.51. The topological polar surface area (TPSA) is 62.2 Å². The Morgan fingerprint density at radius 2 is 2.05 bits per heavy atom. The van der Waals surface area contributed by atoms with Crippen molar-refractivity contribution in [2.24, 2.45) is 0 Å². The number of amides is 1. The molecule has 1 aromatic heterocycles. The van der Waals surface area contributed by atoms with Crippen molar-refractivity contribution in [1.29, 1.82) is 0 Å². The van der Waals surface area contributed by atoms with Crippen LogP contribution < -0.4 is 5.32 Å². The number of hydrogen-bond acceptors (Lipinski definition) is 3. The molecule has 1 aromatic carbocycles. The van der Waals surface area contributed by atoms with Crippen molar-refractivity contribution in [3.8, 4) is 0 Å². The van der Waals surface area contributed by atoms with E-state index in [4.69, 9.17) is 0 Å². The minimum atomic E-state index is -1.53. The molecule has 1 aliphatic heterocycles. The van der Waals surface area contributed by atoms with Crippen molar-refractivity contribution in [3.05, 3.63) is 59.4 Å². The highest BCUT2D eigenvalue weighted by Gasteiger charge is 2.45. The third-order valence-corrected chi connectivity index (χ3v) is 3.73. The van der Waals surface area contributed by atoms with Crippen molar-refractivity contribution >= 4 is 11.6 Å². The molecule has 1 unspecified atom stereocenters. The highest BCUT2D eigenvalue weighted by molar-refractivity contribution is 6.05. The molecule has 2 aromatic rings. The lowest BCUT2D eigenvalue weighted by Crippen LogP contribution is -2.36. The van der Waals surface area contributed by atoms with Crippen LogP contribution in [-0.4, -0.2) is 16.0 Å². The maximum atomic E-state index is 12.1. The zero-order chi connectivity index (χ0) is 14.2. The summed E-state index contributed by atoms with van der Waals surface area (Å²) >= 11 is 0. The van der Waals surface area contributed by atoms with Crippen molar-refractivity contribution in [2.75, 3.05) is 5.32 Å². The molecule has 0 spiro atoms. The van der Waals surface area contributed by atoms with Gasteiger partial charge in [0.05, 0.1) is 0 Å². The number of carbonyl (C=O) groups is 1. The molecule has 0 aliphatic carbocycles. The van der Waals surface area contributed by atoms with Crippen molar-refractivity contribution < 1.29 is 9.90 Å².